The molecule has 0 atom stereocenters. The van der Waals surface area contributed by atoms with Crippen LogP contribution in [0.5, 0.6) is 0 Å². The van der Waals surface area contributed by atoms with Gasteiger partial charge in [-0.15, -0.1) is 0 Å². The number of halogens is 2. The third-order valence-corrected chi connectivity index (χ3v) is 12.1. The second-order valence-corrected chi connectivity index (χ2v) is 16.4. The number of carbonyl (C=O) groups is 5. The van der Waals surface area contributed by atoms with Crippen LogP contribution in [-0.2, 0) is 30.5 Å². The van der Waals surface area contributed by atoms with Gasteiger partial charge in [-0.2, -0.15) is 0 Å². The van der Waals surface area contributed by atoms with Gasteiger partial charge in [0.15, 0.2) is 0 Å². The van der Waals surface area contributed by atoms with Gasteiger partial charge in [-0.25, -0.2) is 0 Å². The van der Waals surface area contributed by atoms with Crippen molar-refractivity contribution in [3.05, 3.63) is 48.0 Å². The van der Waals surface area contributed by atoms with Crippen molar-refractivity contribution in [1.29, 1.82) is 0 Å². The number of alkyl halides is 1. The van der Waals surface area contributed by atoms with E-state index in [1.54, 1.807) is 24.3 Å². The van der Waals surface area contributed by atoms with Crippen LogP contribution in [0.25, 0.3) is 32.9 Å². The zero-order chi connectivity index (χ0) is 35.8. The summed E-state index contributed by atoms with van der Waals surface area (Å²) in [6.07, 6.45) is 10.0. The Bertz CT molecular complexity index is 1890. The van der Waals surface area contributed by atoms with E-state index >= 15 is 4.39 Å². The molecule has 12 nitrogen and oxygen atoms in total. The molecule has 268 valence electrons. The molecule has 14 heteroatoms. The van der Waals surface area contributed by atoms with Crippen LogP contribution in [0.4, 0.5) is 4.39 Å². The molecule has 2 heterocycles. The normalized spacial score (nSPS) is 14.1. The first-order valence-electron chi connectivity index (χ1n) is 17.0. The molecule has 0 saturated heterocycles. The number of ether oxygens (including phenoxy) is 1. The quantitative estimate of drug-likeness (QED) is 0.0900. The van der Waals surface area contributed by atoms with E-state index in [0.717, 1.165) is 12.8 Å². The summed E-state index contributed by atoms with van der Waals surface area (Å²) in [5.41, 5.74) is 2.46. The molecule has 4 aromatic rings. The number of nitrogens with zero attached hydrogens (tertiary/aromatic N) is 4. The van der Waals surface area contributed by atoms with Gasteiger partial charge in [-0.1, -0.05) is 13.8 Å². The van der Waals surface area contributed by atoms with Crippen LogP contribution < -0.4 is 31.8 Å². The number of fused-ring (bicyclic) bond motifs is 2. The average molecular weight is 802 g/mol. The summed E-state index contributed by atoms with van der Waals surface area (Å²) in [6, 6.07) is 8.26. The number of nitrogens with one attached hydrogen (secondary N) is 2. The SMILES string of the molecule is COC(=O)CNC(=O)CNC(=O)Cn1nc(C(C)C)c2c(-c3cc4c(cnn4C(=O)CCC(=O)[I-]C4CCCCCCC4)cc3F)cccc21. The van der Waals surface area contributed by atoms with E-state index in [4.69, 9.17) is 5.10 Å². The third-order valence-electron chi connectivity index (χ3n) is 8.78. The predicted molar refractivity (Wildman–Crippen MR) is 182 cm³/mol. The molecular weight excluding hydrogens is 758 g/mol. The van der Waals surface area contributed by atoms with Crippen molar-refractivity contribution in [2.45, 2.75) is 88.0 Å². The summed E-state index contributed by atoms with van der Waals surface area (Å²) < 4.78 is 23.8. The van der Waals surface area contributed by atoms with Crippen LogP contribution in [0.1, 0.15) is 88.0 Å². The number of benzene rings is 2. The molecule has 1 fully saturated rings. The van der Waals surface area contributed by atoms with E-state index in [9.17, 15) is 24.0 Å². The van der Waals surface area contributed by atoms with Gasteiger partial charge >= 0.3 is 219 Å². The Morgan fingerprint density at radius 3 is 2.38 bits per heavy atom. The number of hydrogen-bond acceptors (Lipinski definition) is 8. The third kappa shape index (κ3) is 9.11. The van der Waals surface area contributed by atoms with Gasteiger partial charge in [0.1, 0.15) is 13.1 Å². The average Bonchev–Trinajstić information content (AvgIpc) is 3.67. The Morgan fingerprint density at radius 1 is 0.940 bits per heavy atom. The molecule has 1 saturated carbocycles. The monoisotopic (exact) mass is 801 g/mol. The zero-order valence-corrected chi connectivity index (χ0v) is 30.8. The Kier molecular flexibility index (Phi) is 12.7. The number of esters is 1. The van der Waals surface area contributed by atoms with Crippen LogP contribution in [0.15, 0.2) is 36.5 Å². The summed E-state index contributed by atoms with van der Waals surface area (Å²) in [5.74, 6) is -2.56. The zero-order valence-electron chi connectivity index (χ0n) is 28.6. The summed E-state index contributed by atoms with van der Waals surface area (Å²) >= 11 is -0.632. The maximum atomic E-state index is 15.8. The fraction of sp³-hybridized carbons (Fsp3) is 0.472. The summed E-state index contributed by atoms with van der Waals surface area (Å²) in [4.78, 5) is 62.3. The topological polar surface area (TPSA) is 154 Å². The number of rotatable bonds is 13. The van der Waals surface area contributed by atoms with Crippen LogP contribution in [0.2, 0.25) is 0 Å². The molecule has 0 bridgehead atoms. The van der Waals surface area contributed by atoms with E-state index in [2.05, 4.69) is 20.5 Å². The van der Waals surface area contributed by atoms with E-state index < -0.39 is 44.8 Å². The first-order chi connectivity index (χ1) is 24.0. The van der Waals surface area contributed by atoms with Crippen molar-refractivity contribution in [2.24, 2.45) is 0 Å². The molecule has 0 unspecified atom stereocenters. The second kappa shape index (κ2) is 17.1. The fourth-order valence-corrected chi connectivity index (χ4v) is 9.26. The van der Waals surface area contributed by atoms with Crippen LogP contribution in [0.3, 0.4) is 0 Å². The molecule has 1 aliphatic carbocycles. The minimum atomic E-state index is -0.632. The molecule has 0 spiro atoms. The number of amides is 2. The van der Waals surface area contributed by atoms with Crippen molar-refractivity contribution < 1.29 is 54.3 Å². The molecule has 2 aromatic heterocycles. The Morgan fingerprint density at radius 2 is 1.66 bits per heavy atom. The number of aromatic nitrogens is 4. The Hall–Kier alpha value is -4.21. The van der Waals surface area contributed by atoms with E-state index in [0.29, 0.717) is 37.0 Å². The molecule has 5 rings (SSSR count). The van der Waals surface area contributed by atoms with E-state index in [1.165, 1.54) is 60.8 Å². The summed E-state index contributed by atoms with van der Waals surface area (Å²) in [7, 11) is 1.21. The molecular formula is C36H43FIN6O6-. The molecule has 2 N–H and O–H groups in total. The van der Waals surface area contributed by atoms with Gasteiger partial charge in [-0.05, 0) is 0 Å². The van der Waals surface area contributed by atoms with Crippen molar-refractivity contribution in [3.8, 4) is 11.1 Å². The van der Waals surface area contributed by atoms with Gasteiger partial charge in [-0.3, -0.25) is 14.4 Å². The number of carbonyl (C=O) groups excluding carboxylic acids is 5. The predicted octanol–water partition coefficient (Wildman–Crippen LogP) is 1.87. The van der Waals surface area contributed by atoms with Crippen LogP contribution >= 0.6 is 0 Å². The molecule has 0 aliphatic heterocycles. The summed E-state index contributed by atoms with van der Waals surface area (Å²) in [6.45, 7) is 3.03. The first kappa shape index (κ1) is 37.1. The Balaban J connectivity index is 1.35. The van der Waals surface area contributed by atoms with Crippen LogP contribution in [0, 0.1) is 5.82 Å². The maximum absolute atomic E-state index is 15.8. The fourth-order valence-electron chi connectivity index (χ4n) is 6.19. The number of methoxy groups -OCH3 is 1. The standard InChI is InChI=1S/C36H43FIN6O6/c1-22(2)36-35-25(12-9-13-28(35)43(42-36)21-32(47)39-19-31(46)40-20-34(49)50-3)26-17-29-23(16-27(26)37)18-41-44(29)33(48)15-14-30(45)38-24-10-7-5-4-6-8-11-24/h9,12-13,16-18,22,24H,4-8,10-11,14-15,19-21H2,1-3H3,(H,39,47)(H,40,46)/q-1. The first-order valence-corrected chi connectivity index (χ1v) is 19.3. The van der Waals surface area contributed by atoms with Crippen molar-refractivity contribution in [2.75, 3.05) is 20.2 Å². The number of hydrogen-bond donors (Lipinski definition) is 2. The molecule has 2 amide bonds. The molecule has 2 aromatic carbocycles. The second-order valence-electron chi connectivity index (χ2n) is 12.8. The van der Waals surface area contributed by atoms with Crippen molar-refractivity contribution in [1.82, 2.24) is 30.2 Å². The minimum absolute atomic E-state index is 0.0453. The summed E-state index contributed by atoms with van der Waals surface area (Å²) in [5, 5.41) is 15.0. The van der Waals surface area contributed by atoms with Crippen molar-refractivity contribution >= 4 is 49.3 Å². The van der Waals surface area contributed by atoms with Gasteiger partial charge in [0, 0.05) is 0 Å². The van der Waals surface area contributed by atoms with Gasteiger partial charge < -0.3 is 15.4 Å². The molecule has 50 heavy (non-hydrogen) atoms. The van der Waals surface area contributed by atoms with Crippen LogP contribution in [-0.4, -0.2) is 71.2 Å². The molecule has 0 radical (unpaired) electrons. The van der Waals surface area contributed by atoms with E-state index in [1.807, 2.05) is 13.8 Å². The van der Waals surface area contributed by atoms with Gasteiger partial charge in [0.2, 0.25) is 11.8 Å². The Labute approximate surface area is 300 Å². The van der Waals surface area contributed by atoms with Gasteiger partial charge in [0.05, 0.1) is 13.7 Å². The van der Waals surface area contributed by atoms with Gasteiger partial charge in [0.25, 0.3) is 0 Å². The molecule has 1 aliphatic rings. The van der Waals surface area contributed by atoms with E-state index in [-0.39, 0.29) is 53.7 Å². The van der Waals surface area contributed by atoms with Crippen molar-refractivity contribution in [3.63, 3.8) is 0 Å².